The monoisotopic (exact) mass is 366 g/mol. The summed E-state index contributed by atoms with van der Waals surface area (Å²) in [5.41, 5.74) is 5.83. The van der Waals surface area contributed by atoms with E-state index in [1.54, 1.807) is 13.8 Å². The normalized spacial score (nSPS) is 24.8. The first-order valence-corrected chi connectivity index (χ1v) is 8.35. The van der Waals surface area contributed by atoms with Crippen LogP contribution in [0.1, 0.15) is 13.8 Å². The third-order valence-corrected chi connectivity index (χ3v) is 5.59. The van der Waals surface area contributed by atoms with E-state index in [1.165, 1.54) is 4.31 Å². The van der Waals surface area contributed by atoms with E-state index in [9.17, 15) is 12.8 Å². The van der Waals surface area contributed by atoms with Crippen LogP contribution in [0.5, 0.6) is 0 Å². The highest BCUT2D eigenvalue weighted by atomic mass is 79.9. The van der Waals surface area contributed by atoms with Crippen LogP contribution in [0, 0.1) is 5.82 Å². The van der Waals surface area contributed by atoms with Gasteiger partial charge in [0, 0.05) is 23.2 Å². The molecule has 0 bridgehead atoms. The average molecular weight is 367 g/mol. The Morgan fingerprint density at radius 3 is 2.45 bits per heavy atom. The van der Waals surface area contributed by atoms with E-state index >= 15 is 0 Å². The topological polar surface area (TPSA) is 72.6 Å². The third kappa shape index (κ3) is 2.98. The van der Waals surface area contributed by atoms with Crippen LogP contribution in [0.25, 0.3) is 0 Å². The van der Waals surface area contributed by atoms with Crippen molar-refractivity contribution < 1.29 is 17.5 Å². The van der Waals surface area contributed by atoms with E-state index in [1.807, 2.05) is 0 Å². The quantitative estimate of drug-likeness (QED) is 0.812. The Kier molecular flexibility index (Phi) is 4.38. The van der Waals surface area contributed by atoms with Crippen LogP contribution in [0.3, 0.4) is 0 Å². The molecule has 2 N–H and O–H groups in total. The first-order valence-electron chi connectivity index (χ1n) is 6.12. The number of nitrogen functional groups attached to an aromatic ring is 1. The van der Waals surface area contributed by atoms with E-state index < -0.39 is 20.7 Å². The van der Waals surface area contributed by atoms with Gasteiger partial charge in [-0.25, -0.2) is 12.8 Å². The molecule has 0 amide bonds. The summed E-state index contributed by atoms with van der Waals surface area (Å²) < 4.78 is 46.1. The van der Waals surface area contributed by atoms with Crippen molar-refractivity contribution in [1.82, 2.24) is 4.31 Å². The predicted octanol–water partition coefficient (Wildman–Crippen LogP) is 1.97. The summed E-state index contributed by atoms with van der Waals surface area (Å²) in [5.74, 6) is -0.821. The average Bonchev–Trinajstić information content (AvgIpc) is 2.32. The van der Waals surface area contributed by atoms with Crippen molar-refractivity contribution in [1.29, 1.82) is 0 Å². The molecule has 2 unspecified atom stereocenters. The van der Waals surface area contributed by atoms with Gasteiger partial charge in [0.15, 0.2) is 0 Å². The maximum Gasteiger partial charge on any atom is 0.246 e. The minimum Gasteiger partial charge on any atom is -0.398 e. The van der Waals surface area contributed by atoms with E-state index in [2.05, 4.69) is 15.9 Å². The summed E-state index contributed by atoms with van der Waals surface area (Å²) in [6.07, 6.45) is -0.464. The van der Waals surface area contributed by atoms with Gasteiger partial charge in [0.2, 0.25) is 10.0 Å². The number of morpholine rings is 1. The van der Waals surface area contributed by atoms with Crippen molar-refractivity contribution in [3.8, 4) is 0 Å². The molecule has 0 radical (unpaired) electrons. The van der Waals surface area contributed by atoms with Gasteiger partial charge >= 0.3 is 0 Å². The molecule has 0 aliphatic carbocycles. The van der Waals surface area contributed by atoms with Crippen molar-refractivity contribution in [3.63, 3.8) is 0 Å². The van der Waals surface area contributed by atoms with Crippen molar-refractivity contribution in [2.75, 3.05) is 18.8 Å². The summed E-state index contributed by atoms with van der Waals surface area (Å²) in [6.45, 7) is 3.96. The number of anilines is 1. The number of nitrogens with zero attached hydrogens (tertiary/aromatic N) is 1. The smallest absolute Gasteiger partial charge is 0.246 e. The van der Waals surface area contributed by atoms with Gasteiger partial charge in [0.05, 0.1) is 12.2 Å². The van der Waals surface area contributed by atoms with Gasteiger partial charge in [-0.3, -0.25) is 0 Å². The second kappa shape index (κ2) is 5.59. The van der Waals surface area contributed by atoms with Crippen LogP contribution in [-0.2, 0) is 14.8 Å². The Labute approximate surface area is 126 Å². The van der Waals surface area contributed by atoms with Crippen LogP contribution in [-0.4, -0.2) is 38.0 Å². The number of benzene rings is 1. The molecule has 0 saturated carbocycles. The van der Waals surface area contributed by atoms with E-state index in [0.29, 0.717) is 4.47 Å². The first-order chi connectivity index (χ1) is 9.21. The van der Waals surface area contributed by atoms with Gasteiger partial charge in [-0.1, -0.05) is 0 Å². The van der Waals surface area contributed by atoms with Crippen molar-refractivity contribution in [3.05, 3.63) is 22.4 Å². The lowest BCUT2D eigenvalue weighted by molar-refractivity contribution is -0.0441. The summed E-state index contributed by atoms with van der Waals surface area (Å²) in [5, 5.41) is 0. The first kappa shape index (κ1) is 15.7. The fourth-order valence-corrected chi connectivity index (χ4v) is 4.20. The fourth-order valence-electron chi connectivity index (χ4n) is 2.21. The standard InChI is InChI=1S/C12H16BrFN2O3S/c1-7-5-16(6-8(2)19-7)20(17,18)12-4-11(15)9(13)3-10(12)14/h3-4,7-8H,5-6,15H2,1-2H3. The number of ether oxygens (including phenoxy) is 1. The molecular formula is C12H16BrFN2O3S. The number of hydrogen-bond acceptors (Lipinski definition) is 4. The Morgan fingerprint density at radius 2 is 1.90 bits per heavy atom. The molecule has 1 aliphatic rings. The Morgan fingerprint density at radius 1 is 1.35 bits per heavy atom. The summed E-state index contributed by atoms with van der Waals surface area (Å²) in [7, 11) is -3.92. The molecule has 2 rings (SSSR count). The Balaban J connectivity index is 2.42. The zero-order valence-electron chi connectivity index (χ0n) is 11.1. The molecule has 112 valence electrons. The second-order valence-corrected chi connectivity index (χ2v) is 7.64. The van der Waals surface area contributed by atoms with Crippen molar-refractivity contribution in [2.24, 2.45) is 0 Å². The molecule has 1 fully saturated rings. The summed E-state index contributed by atoms with van der Waals surface area (Å²) in [6, 6.07) is 2.20. The number of sulfonamides is 1. The molecule has 5 nitrogen and oxygen atoms in total. The SMILES string of the molecule is CC1CN(S(=O)(=O)c2cc(N)c(Br)cc2F)CC(C)O1. The van der Waals surface area contributed by atoms with Crippen LogP contribution in [0.2, 0.25) is 0 Å². The van der Waals surface area contributed by atoms with E-state index in [0.717, 1.165) is 12.1 Å². The van der Waals surface area contributed by atoms with Gasteiger partial charge in [-0.05, 0) is 41.9 Å². The molecule has 20 heavy (non-hydrogen) atoms. The van der Waals surface area contributed by atoms with Gasteiger partial charge in [-0.2, -0.15) is 4.31 Å². The van der Waals surface area contributed by atoms with Crippen LogP contribution in [0.15, 0.2) is 21.5 Å². The number of nitrogens with two attached hydrogens (primary N) is 1. The lowest BCUT2D eigenvalue weighted by atomic mass is 10.3. The van der Waals surface area contributed by atoms with Gasteiger partial charge in [-0.15, -0.1) is 0 Å². The molecule has 2 atom stereocenters. The van der Waals surface area contributed by atoms with Crippen molar-refractivity contribution in [2.45, 2.75) is 31.0 Å². The number of hydrogen-bond donors (Lipinski definition) is 1. The minimum atomic E-state index is -3.92. The second-order valence-electron chi connectivity index (χ2n) is 4.88. The zero-order chi connectivity index (χ0) is 15.1. The molecule has 0 spiro atoms. The molecule has 8 heteroatoms. The van der Waals surface area contributed by atoms with Crippen LogP contribution >= 0.6 is 15.9 Å². The largest absolute Gasteiger partial charge is 0.398 e. The molecular weight excluding hydrogens is 351 g/mol. The van der Waals surface area contributed by atoms with Crippen LogP contribution < -0.4 is 5.73 Å². The predicted molar refractivity (Wildman–Crippen MR) is 77.3 cm³/mol. The molecule has 0 aromatic heterocycles. The highest BCUT2D eigenvalue weighted by Crippen LogP contribution is 2.29. The summed E-state index contributed by atoms with van der Waals surface area (Å²) >= 11 is 3.07. The van der Waals surface area contributed by atoms with E-state index in [4.69, 9.17) is 10.5 Å². The lowest BCUT2D eigenvalue weighted by Gasteiger charge is -2.34. The number of rotatable bonds is 2. The molecule has 1 aromatic carbocycles. The van der Waals surface area contributed by atoms with Gasteiger partial charge < -0.3 is 10.5 Å². The highest BCUT2D eigenvalue weighted by molar-refractivity contribution is 9.10. The van der Waals surface area contributed by atoms with Gasteiger partial charge in [0.1, 0.15) is 10.7 Å². The van der Waals surface area contributed by atoms with Crippen LogP contribution in [0.4, 0.5) is 10.1 Å². The number of halogens is 2. The molecule has 1 aliphatic heterocycles. The van der Waals surface area contributed by atoms with Gasteiger partial charge in [0.25, 0.3) is 0 Å². The molecule has 1 saturated heterocycles. The fraction of sp³-hybridized carbons (Fsp3) is 0.500. The maximum absolute atomic E-state index is 14.0. The Hall–Kier alpha value is -0.700. The Bertz CT molecular complexity index is 613. The minimum absolute atomic E-state index is 0.180. The molecule has 1 aromatic rings. The molecule has 1 heterocycles. The summed E-state index contributed by atoms with van der Waals surface area (Å²) in [4.78, 5) is -0.403. The maximum atomic E-state index is 14.0. The highest BCUT2D eigenvalue weighted by Gasteiger charge is 2.34. The van der Waals surface area contributed by atoms with Crippen molar-refractivity contribution >= 4 is 31.6 Å². The lowest BCUT2D eigenvalue weighted by Crippen LogP contribution is -2.48. The van der Waals surface area contributed by atoms with E-state index in [-0.39, 0.29) is 31.0 Å². The third-order valence-electron chi connectivity index (χ3n) is 3.06. The zero-order valence-corrected chi connectivity index (χ0v) is 13.5.